The Hall–Kier alpha value is -2.89. The molecule has 0 radical (unpaired) electrons. The van der Waals surface area contributed by atoms with Crippen LogP contribution < -0.4 is 0 Å². The van der Waals surface area contributed by atoms with Gasteiger partial charge < -0.3 is 9.72 Å². The lowest BCUT2D eigenvalue weighted by Gasteiger charge is -2.28. The Kier molecular flexibility index (Phi) is 3.75. The maximum absolute atomic E-state index is 12.7. The number of esters is 1. The van der Waals surface area contributed by atoms with Gasteiger partial charge in [-0.3, -0.25) is 14.5 Å². The molecule has 3 rings (SSSR count). The van der Waals surface area contributed by atoms with E-state index >= 15 is 0 Å². The Bertz CT molecular complexity index is 768. The van der Waals surface area contributed by atoms with Crippen LogP contribution in [-0.4, -0.2) is 33.3 Å². The molecular weight excluding hydrogens is 308 g/mol. The summed E-state index contributed by atoms with van der Waals surface area (Å²) in [7, 11) is 0. The monoisotopic (exact) mass is 326 g/mol. The van der Waals surface area contributed by atoms with E-state index in [9.17, 15) is 14.4 Å². The number of nitrogens with zero attached hydrogens (tertiary/aromatic N) is 1. The van der Waals surface area contributed by atoms with E-state index in [2.05, 4.69) is 4.98 Å². The number of imide groups is 1. The van der Waals surface area contributed by atoms with Gasteiger partial charge in [0.2, 0.25) is 0 Å². The number of aromatic amines is 1. The number of carbonyl (C=O) groups excluding carboxylic acids is 3. The van der Waals surface area contributed by atoms with Gasteiger partial charge in [0.1, 0.15) is 5.60 Å². The van der Waals surface area contributed by atoms with Crippen molar-refractivity contribution in [2.75, 3.05) is 0 Å². The van der Waals surface area contributed by atoms with Crippen molar-refractivity contribution in [3.63, 3.8) is 0 Å². The average molecular weight is 326 g/mol. The summed E-state index contributed by atoms with van der Waals surface area (Å²) in [6.07, 6.45) is 1.63. The van der Waals surface area contributed by atoms with Crippen molar-refractivity contribution in [1.82, 2.24) is 9.88 Å². The number of nitrogens with one attached hydrogen (secondary N) is 1. The molecule has 2 aromatic rings. The molecule has 1 unspecified atom stereocenters. The zero-order valence-corrected chi connectivity index (χ0v) is 13.7. The summed E-state index contributed by atoms with van der Waals surface area (Å²) in [5, 5.41) is 0. The average Bonchev–Trinajstić information content (AvgIpc) is 3.10. The highest BCUT2D eigenvalue weighted by Crippen LogP contribution is 2.32. The van der Waals surface area contributed by atoms with E-state index in [1.54, 1.807) is 63.4 Å². The SMILES string of the molecule is CC(C)(C)OC(=O)C(c1ccc[nH]1)N1C(=O)c2ccccc2C1=O. The van der Waals surface area contributed by atoms with Crippen LogP contribution in [0, 0.1) is 0 Å². The molecule has 6 heteroatoms. The van der Waals surface area contributed by atoms with Crippen LogP contribution >= 0.6 is 0 Å². The lowest BCUT2D eigenvalue weighted by atomic mass is 10.1. The van der Waals surface area contributed by atoms with E-state index in [1.807, 2.05) is 0 Å². The molecule has 0 spiro atoms. The summed E-state index contributed by atoms with van der Waals surface area (Å²) in [5.74, 6) is -1.65. The second-order valence-electron chi connectivity index (χ2n) is 6.59. The van der Waals surface area contributed by atoms with E-state index in [4.69, 9.17) is 4.74 Å². The van der Waals surface area contributed by atoms with Gasteiger partial charge in [-0.05, 0) is 45.0 Å². The molecule has 1 aliphatic heterocycles. The lowest BCUT2D eigenvalue weighted by Crippen LogP contribution is -2.41. The van der Waals surface area contributed by atoms with Crippen molar-refractivity contribution in [3.8, 4) is 0 Å². The molecule has 0 saturated heterocycles. The molecule has 0 aliphatic carbocycles. The number of aromatic nitrogens is 1. The molecule has 0 saturated carbocycles. The molecule has 1 aliphatic rings. The van der Waals surface area contributed by atoms with Gasteiger partial charge in [0.05, 0.1) is 11.1 Å². The molecule has 0 bridgehead atoms. The number of H-pyrrole nitrogens is 1. The fourth-order valence-corrected chi connectivity index (χ4v) is 2.69. The van der Waals surface area contributed by atoms with E-state index in [0.717, 1.165) is 4.90 Å². The summed E-state index contributed by atoms with van der Waals surface area (Å²) in [5.41, 5.74) is 0.282. The molecular formula is C18H18N2O4. The molecule has 124 valence electrons. The van der Waals surface area contributed by atoms with Crippen molar-refractivity contribution in [3.05, 3.63) is 59.4 Å². The zero-order valence-electron chi connectivity index (χ0n) is 13.7. The Labute approximate surface area is 139 Å². The highest BCUT2D eigenvalue weighted by atomic mass is 16.6. The minimum atomic E-state index is -1.15. The van der Waals surface area contributed by atoms with Crippen molar-refractivity contribution in [2.45, 2.75) is 32.4 Å². The fourth-order valence-electron chi connectivity index (χ4n) is 2.69. The summed E-state index contributed by atoms with van der Waals surface area (Å²) in [6.45, 7) is 5.21. The van der Waals surface area contributed by atoms with Crippen molar-refractivity contribution in [1.29, 1.82) is 0 Å². The van der Waals surface area contributed by atoms with Gasteiger partial charge in [-0.2, -0.15) is 0 Å². The van der Waals surface area contributed by atoms with Crippen molar-refractivity contribution < 1.29 is 19.1 Å². The number of fused-ring (bicyclic) bond motifs is 1. The number of benzene rings is 1. The predicted octanol–water partition coefficient (Wildman–Crippen LogP) is 2.69. The first-order valence-electron chi connectivity index (χ1n) is 7.62. The van der Waals surface area contributed by atoms with Gasteiger partial charge in [0.15, 0.2) is 6.04 Å². The second kappa shape index (κ2) is 5.63. The lowest BCUT2D eigenvalue weighted by molar-refractivity contribution is -0.160. The Balaban J connectivity index is 2.03. The molecule has 1 N–H and O–H groups in total. The first kappa shape index (κ1) is 16.0. The van der Waals surface area contributed by atoms with Crippen molar-refractivity contribution >= 4 is 17.8 Å². The molecule has 1 aromatic heterocycles. The first-order valence-corrected chi connectivity index (χ1v) is 7.62. The summed E-state index contributed by atoms with van der Waals surface area (Å²) in [6, 6.07) is 8.73. The van der Waals surface area contributed by atoms with Crippen LogP contribution in [0.15, 0.2) is 42.6 Å². The van der Waals surface area contributed by atoms with Crippen molar-refractivity contribution in [2.24, 2.45) is 0 Å². The third-order valence-electron chi connectivity index (χ3n) is 3.63. The van der Waals surface area contributed by atoms with Crippen LogP contribution in [0.5, 0.6) is 0 Å². The number of hydrogen-bond donors (Lipinski definition) is 1. The van der Waals surface area contributed by atoms with E-state index in [-0.39, 0.29) is 0 Å². The van der Waals surface area contributed by atoms with Gasteiger partial charge >= 0.3 is 5.97 Å². The molecule has 1 atom stereocenters. The fraction of sp³-hybridized carbons (Fsp3) is 0.278. The molecule has 6 nitrogen and oxygen atoms in total. The van der Waals surface area contributed by atoms with E-state index in [1.165, 1.54) is 0 Å². The summed E-state index contributed by atoms with van der Waals surface area (Å²) >= 11 is 0. The number of ether oxygens (including phenoxy) is 1. The highest BCUT2D eigenvalue weighted by molar-refractivity contribution is 6.22. The van der Waals surface area contributed by atoms with Gasteiger partial charge in [0.25, 0.3) is 11.8 Å². The van der Waals surface area contributed by atoms with Crippen LogP contribution in [0.1, 0.15) is 53.2 Å². The molecule has 1 aromatic carbocycles. The van der Waals surface area contributed by atoms with Crippen LogP contribution in [0.3, 0.4) is 0 Å². The Morgan fingerprint density at radius 1 is 1.04 bits per heavy atom. The number of rotatable bonds is 3. The van der Waals surface area contributed by atoms with Crippen LogP contribution in [0.4, 0.5) is 0 Å². The van der Waals surface area contributed by atoms with Crippen LogP contribution in [0.2, 0.25) is 0 Å². The number of hydrogen-bond acceptors (Lipinski definition) is 4. The van der Waals surface area contributed by atoms with Crippen LogP contribution in [0.25, 0.3) is 0 Å². The van der Waals surface area contributed by atoms with Gasteiger partial charge in [0, 0.05) is 11.9 Å². The minimum Gasteiger partial charge on any atom is -0.458 e. The Morgan fingerprint density at radius 2 is 1.62 bits per heavy atom. The zero-order chi connectivity index (χ0) is 17.5. The summed E-state index contributed by atoms with van der Waals surface area (Å²) in [4.78, 5) is 42.0. The van der Waals surface area contributed by atoms with Crippen LogP contribution in [-0.2, 0) is 9.53 Å². The standard InChI is InChI=1S/C18H18N2O4/c1-18(2,3)24-17(23)14(13-9-6-10-19-13)20-15(21)11-7-4-5-8-12(11)16(20)22/h4-10,14,19H,1-3H3. The molecule has 2 heterocycles. The summed E-state index contributed by atoms with van der Waals surface area (Å²) < 4.78 is 5.43. The largest absolute Gasteiger partial charge is 0.458 e. The van der Waals surface area contributed by atoms with Gasteiger partial charge in [-0.25, -0.2) is 4.79 Å². The predicted molar refractivity (Wildman–Crippen MR) is 86.3 cm³/mol. The molecule has 24 heavy (non-hydrogen) atoms. The maximum atomic E-state index is 12.7. The third-order valence-corrected chi connectivity index (χ3v) is 3.63. The normalized spacial score (nSPS) is 15.4. The quantitative estimate of drug-likeness (QED) is 0.695. The molecule has 0 fully saturated rings. The van der Waals surface area contributed by atoms with Gasteiger partial charge in [-0.15, -0.1) is 0 Å². The molecule has 2 amide bonds. The third kappa shape index (κ3) is 2.71. The maximum Gasteiger partial charge on any atom is 0.336 e. The smallest absolute Gasteiger partial charge is 0.336 e. The number of carbonyl (C=O) groups is 3. The minimum absolute atomic E-state index is 0.294. The highest BCUT2D eigenvalue weighted by Gasteiger charge is 2.45. The second-order valence-corrected chi connectivity index (χ2v) is 6.59. The number of amides is 2. The first-order chi connectivity index (χ1) is 11.3. The van der Waals surface area contributed by atoms with E-state index < -0.39 is 29.4 Å². The topological polar surface area (TPSA) is 79.5 Å². The van der Waals surface area contributed by atoms with E-state index in [0.29, 0.717) is 16.8 Å². The van der Waals surface area contributed by atoms with Gasteiger partial charge in [-0.1, -0.05) is 12.1 Å². The Morgan fingerprint density at radius 3 is 2.08 bits per heavy atom.